The summed E-state index contributed by atoms with van der Waals surface area (Å²) in [5, 5.41) is 2.78. The van der Waals surface area contributed by atoms with Crippen LogP contribution in [0, 0.1) is 0 Å². The van der Waals surface area contributed by atoms with Crippen LogP contribution < -0.4 is 5.32 Å². The van der Waals surface area contributed by atoms with Gasteiger partial charge in [0, 0.05) is 11.1 Å². The van der Waals surface area contributed by atoms with Crippen LogP contribution >= 0.6 is 0 Å². The Morgan fingerprint density at radius 2 is 1.41 bits per heavy atom. The van der Waals surface area contributed by atoms with E-state index >= 15 is 0 Å². The summed E-state index contributed by atoms with van der Waals surface area (Å²) >= 11 is 0. The number of hydrogen-bond acceptors (Lipinski definition) is 2. The summed E-state index contributed by atoms with van der Waals surface area (Å²) in [6.45, 7) is 0. The van der Waals surface area contributed by atoms with Gasteiger partial charge in [0.25, 0.3) is 5.91 Å². The number of halogens is 6. The van der Waals surface area contributed by atoms with Crippen LogP contribution in [-0.2, 0) is 12.4 Å². The molecule has 2 aromatic carbocycles. The summed E-state index contributed by atoms with van der Waals surface area (Å²) < 4.78 is 77.3. The molecule has 0 unspecified atom stereocenters. The molecule has 3 rings (SSSR count). The van der Waals surface area contributed by atoms with Crippen LogP contribution in [0.15, 0.2) is 54.6 Å². The summed E-state index contributed by atoms with van der Waals surface area (Å²) in [5.74, 6) is -0.923. The van der Waals surface area contributed by atoms with Crippen molar-refractivity contribution in [2.45, 2.75) is 12.4 Å². The second-order valence-corrected chi connectivity index (χ2v) is 5.64. The first kappa shape index (κ1) is 18.7. The molecule has 0 spiro atoms. The van der Waals surface area contributed by atoms with E-state index in [0.717, 1.165) is 5.39 Å². The molecule has 0 bridgehead atoms. The standard InChI is InChI=1S/C18H10F6N2O/c19-17(20,21)11-7-12(18(22,23)24)9-13(8-11)25-16(27)15-6-5-10-3-1-2-4-14(10)26-15/h1-9H,(H,25,27). The van der Waals surface area contributed by atoms with Crippen molar-refractivity contribution in [1.29, 1.82) is 0 Å². The van der Waals surface area contributed by atoms with Gasteiger partial charge in [-0.2, -0.15) is 26.3 Å². The number of hydrogen-bond donors (Lipinski definition) is 1. The quantitative estimate of drug-likeness (QED) is 0.591. The fraction of sp³-hybridized carbons (Fsp3) is 0.111. The monoisotopic (exact) mass is 384 g/mol. The van der Waals surface area contributed by atoms with Crippen LogP contribution in [0.2, 0.25) is 0 Å². The van der Waals surface area contributed by atoms with Crippen LogP contribution in [-0.4, -0.2) is 10.9 Å². The molecule has 0 saturated heterocycles. The van der Waals surface area contributed by atoms with Gasteiger partial charge in [0.05, 0.1) is 16.6 Å². The number of rotatable bonds is 2. The normalized spacial score (nSPS) is 12.2. The molecule has 0 atom stereocenters. The van der Waals surface area contributed by atoms with E-state index in [1.54, 1.807) is 30.3 Å². The summed E-state index contributed by atoms with van der Waals surface area (Å²) in [6, 6.07) is 10.6. The summed E-state index contributed by atoms with van der Waals surface area (Å²) in [5.41, 5.74) is -3.33. The maximum Gasteiger partial charge on any atom is 0.416 e. The van der Waals surface area contributed by atoms with Gasteiger partial charge in [-0.05, 0) is 30.3 Å². The van der Waals surface area contributed by atoms with Crippen LogP contribution in [0.4, 0.5) is 32.0 Å². The number of pyridine rings is 1. The van der Waals surface area contributed by atoms with Crippen molar-refractivity contribution >= 4 is 22.5 Å². The van der Waals surface area contributed by atoms with Crippen LogP contribution in [0.25, 0.3) is 10.9 Å². The highest BCUT2D eigenvalue weighted by Gasteiger charge is 2.37. The molecule has 0 radical (unpaired) electrons. The zero-order valence-electron chi connectivity index (χ0n) is 13.3. The van der Waals surface area contributed by atoms with Crippen LogP contribution in [0.3, 0.4) is 0 Å². The van der Waals surface area contributed by atoms with E-state index < -0.39 is 35.1 Å². The number of carbonyl (C=O) groups excluding carboxylic acids is 1. The number of carbonyl (C=O) groups is 1. The number of benzene rings is 2. The van der Waals surface area contributed by atoms with Crippen molar-refractivity contribution < 1.29 is 31.1 Å². The van der Waals surface area contributed by atoms with Gasteiger partial charge >= 0.3 is 12.4 Å². The minimum absolute atomic E-state index is 0.00999. The molecule has 1 aromatic heterocycles. The minimum atomic E-state index is -5.00. The van der Waals surface area contributed by atoms with Crippen molar-refractivity contribution in [3.05, 3.63) is 71.4 Å². The molecule has 0 fully saturated rings. The molecule has 1 N–H and O–H groups in total. The molecular formula is C18H10F6N2O. The Morgan fingerprint density at radius 1 is 0.815 bits per heavy atom. The molecule has 1 amide bonds. The average Bonchev–Trinajstić information content (AvgIpc) is 2.59. The van der Waals surface area contributed by atoms with Crippen molar-refractivity contribution in [3.8, 4) is 0 Å². The Bertz CT molecular complexity index is 978. The number of para-hydroxylation sites is 1. The number of anilines is 1. The Balaban J connectivity index is 1.96. The third-order valence-corrected chi connectivity index (χ3v) is 3.68. The molecule has 3 aromatic rings. The maximum atomic E-state index is 12.9. The number of amides is 1. The van der Waals surface area contributed by atoms with E-state index in [1.165, 1.54) is 6.07 Å². The fourth-order valence-corrected chi connectivity index (χ4v) is 2.41. The van der Waals surface area contributed by atoms with E-state index in [-0.39, 0.29) is 11.8 Å². The summed E-state index contributed by atoms with van der Waals surface area (Å²) in [7, 11) is 0. The van der Waals surface area contributed by atoms with Gasteiger partial charge in [0.1, 0.15) is 5.69 Å². The first-order chi connectivity index (χ1) is 12.5. The fourth-order valence-electron chi connectivity index (χ4n) is 2.41. The second-order valence-electron chi connectivity index (χ2n) is 5.64. The summed E-state index contributed by atoms with van der Waals surface area (Å²) in [6.07, 6.45) is -10.00. The second kappa shape index (κ2) is 6.57. The van der Waals surface area contributed by atoms with E-state index in [1.807, 2.05) is 5.32 Å². The SMILES string of the molecule is O=C(Nc1cc(C(F)(F)F)cc(C(F)(F)F)c1)c1ccc2ccccc2n1. The van der Waals surface area contributed by atoms with Gasteiger partial charge in [0.2, 0.25) is 0 Å². The third-order valence-electron chi connectivity index (χ3n) is 3.68. The van der Waals surface area contributed by atoms with Crippen molar-refractivity contribution in [2.24, 2.45) is 0 Å². The average molecular weight is 384 g/mol. The zero-order chi connectivity index (χ0) is 19.8. The van der Waals surface area contributed by atoms with Crippen molar-refractivity contribution in [2.75, 3.05) is 5.32 Å². The molecule has 3 nitrogen and oxygen atoms in total. The molecule has 0 aliphatic heterocycles. The van der Waals surface area contributed by atoms with Crippen molar-refractivity contribution in [3.63, 3.8) is 0 Å². The number of alkyl halides is 6. The number of nitrogens with one attached hydrogen (secondary N) is 1. The lowest BCUT2D eigenvalue weighted by Gasteiger charge is -2.14. The van der Waals surface area contributed by atoms with Gasteiger partial charge in [0.15, 0.2) is 0 Å². The zero-order valence-corrected chi connectivity index (χ0v) is 13.3. The Kier molecular flexibility index (Phi) is 4.54. The lowest BCUT2D eigenvalue weighted by atomic mass is 10.1. The first-order valence-corrected chi connectivity index (χ1v) is 7.51. The Labute approximate surface area is 148 Å². The van der Waals surface area contributed by atoms with Gasteiger partial charge in [-0.3, -0.25) is 4.79 Å². The number of nitrogens with zero attached hydrogens (tertiary/aromatic N) is 1. The molecular weight excluding hydrogens is 374 g/mol. The molecule has 0 aliphatic carbocycles. The highest BCUT2D eigenvalue weighted by molar-refractivity contribution is 6.04. The smallest absolute Gasteiger partial charge is 0.321 e. The molecule has 1 heterocycles. The first-order valence-electron chi connectivity index (χ1n) is 7.51. The van der Waals surface area contributed by atoms with Gasteiger partial charge in [-0.25, -0.2) is 4.98 Å². The van der Waals surface area contributed by atoms with Crippen LogP contribution in [0.1, 0.15) is 21.6 Å². The molecule has 140 valence electrons. The third kappa shape index (κ3) is 4.18. The Morgan fingerprint density at radius 3 is 2.00 bits per heavy atom. The number of aromatic nitrogens is 1. The van der Waals surface area contributed by atoms with E-state index in [4.69, 9.17) is 0 Å². The minimum Gasteiger partial charge on any atom is -0.321 e. The number of fused-ring (bicyclic) bond motifs is 1. The van der Waals surface area contributed by atoms with E-state index in [0.29, 0.717) is 17.6 Å². The molecule has 0 saturated carbocycles. The van der Waals surface area contributed by atoms with Gasteiger partial charge in [-0.1, -0.05) is 24.3 Å². The largest absolute Gasteiger partial charge is 0.416 e. The van der Waals surface area contributed by atoms with E-state index in [2.05, 4.69) is 4.98 Å². The lowest BCUT2D eigenvalue weighted by Crippen LogP contribution is -2.16. The molecule has 0 aliphatic rings. The highest BCUT2D eigenvalue weighted by Crippen LogP contribution is 2.37. The predicted octanol–water partition coefficient (Wildman–Crippen LogP) is 5.52. The summed E-state index contributed by atoms with van der Waals surface area (Å²) in [4.78, 5) is 16.3. The van der Waals surface area contributed by atoms with Gasteiger partial charge in [-0.15, -0.1) is 0 Å². The van der Waals surface area contributed by atoms with Gasteiger partial charge < -0.3 is 5.32 Å². The van der Waals surface area contributed by atoms with Crippen LogP contribution in [0.5, 0.6) is 0 Å². The predicted molar refractivity (Wildman–Crippen MR) is 86.1 cm³/mol. The Hall–Kier alpha value is -3.10. The molecule has 27 heavy (non-hydrogen) atoms. The van der Waals surface area contributed by atoms with Crippen molar-refractivity contribution in [1.82, 2.24) is 4.98 Å². The highest BCUT2D eigenvalue weighted by atomic mass is 19.4. The topological polar surface area (TPSA) is 42.0 Å². The lowest BCUT2D eigenvalue weighted by molar-refractivity contribution is -0.143. The molecule has 9 heteroatoms. The van der Waals surface area contributed by atoms with E-state index in [9.17, 15) is 31.1 Å². The maximum absolute atomic E-state index is 12.9.